The quantitative estimate of drug-likeness (QED) is 0.674. The lowest BCUT2D eigenvalue weighted by atomic mass is 10.3. The number of amides is 1. The Hall–Kier alpha value is -1.56. The zero-order valence-corrected chi connectivity index (χ0v) is 10.0. The third kappa shape index (κ3) is 3.54. The topological polar surface area (TPSA) is 76.2 Å². The molecule has 0 saturated carbocycles. The van der Waals surface area contributed by atoms with E-state index in [1.54, 1.807) is 13.1 Å². The number of aryl methyl sites for hydroxylation is 1. The third-order valence-corrected chi connectivity index (χ3v) is 2.20. The summed E-state index contributed by atoms with van der Waals surface area (Å²) in [6, 6.07) is 1.57. The van der Waals surface area contributed by atoms with Gasteiger partial charge in [-0.1, -0.05) is 0 Å². The maximum atomic E-state index is 11.7. The number of nitrogens with one attached hydrogen (secondary N) is 1. The van der Waals surface area contributed by atoms with Crippen molar-refractivity contribution in [3.63, 3.8) is 0 Å². The van der Waals surface area contributed by atoms with Crippen LogP contribution in [0.3, 0.4) is 0 Å². The van der Waals surface area contributed by atoms with Gasteiger partial charge in [-0.2, -0.15) is 5.10 Å². The molecule has 6 nitrogen and oxygen atoms in total. The van der Waals surface area contributed by atoms with Gasteiger partial charge in [-0.15, -0.1) is 0 Å². The molecule has 1 heterocycles. The molecule has 0 radical (unpaired) electrons. The predicted molar refractivity (Wildman–Crippen MR) is 63.1 cm³/mol. The van der Waals surface area contributed by atoms with Crippen LogP contribution < -0.4 is 11.1 Å². The lowest BCUT2D eigenvalue weighted by molar-refractivity contribution is 0.0943. The zero-order chi connectivity index (χ0) is 12.1. The number of hydrogen-bond acceptors (Lipinski definition) is 4. The van der Waals surface area contributed by atoms with Crippen LogP contribution in [-0.2, 0) is 7.05 Å². The Balaban J connectivity index is 2.38. The summed E-state index contributed by atoms with van der Waals surface area (Å²) in [6.07, 6.45) is 0.923. The summed E-state index contributed by atoms with van der Waals surface area (Å²) >= 11 is 0. The number of nitrogens with two attached hydrogens (primary N) is 1. The predicted octanol–water partition coefficient (Wildman–Crippen LogP) is -0.316. The van der Waals surface area contributed by atoms with Crippen molar-refractivity contribution in [2.45, 2.75) is 6.42 Å². The van der Waals surface area contributed by atoms with Gasteiger partial charge in [0.15, 0.2) is 0 Å². The van der Waals surface area contributed by atoms with Crippen LogP contribution in [0.15, 0.2) is 6.07 Å². The van der Waals surface area contributed by atoms with Crippen molar-refractivity contribution >= 4 is 11.7 Å². The van der Waals surface area contributed by atoms with E-state index >= 15 is 0 Å². The zero-order valence-electron chi connectivity index (χ0n) is 10.0. The second kappa shape index (κ2) is 5.50. The third-order valence-electron chi connectivity index (χ3n) is 2.20. The maximum Gasteiger partial charge on any atom is 0.269 e. The highest BCUT2D eigenvalue weighted by atomic mass is 16.2. The fraction of sp³-hybridized carbons (Fsp3) is 0.600. The molecule has 0 saturated heterocycles. The van der Waals surface area contributed by atoms with Gasteiger partial charge in [0.05, 0.1) is 0 Å². The number of rotatable bonds is 5. The molecule has 0 aliphatic carbocycles. The van der Waals surface area contributed by atoms with Crippen molar-refractivity contribution in [3.8, 4) is 0 Å². The van der Waals surface area contributed by atoms with Crippen molar-refractivity contribution in [2.24, 2.45) is 7.05 Å². The van der Waals surface area contributed by atoms with Gasteiger partial charge in [-0.3, -0.25) is 9.48 Å². The number of nitrogens with zero attached hydrogens (tertiary/aromatic N) is 3. The SMILES string of the molecule is CN(C)CCCNC(=O)c1cc(N)nn1C. The first-order chi connectivity index (χ1) is 7.50. The van der Waals surface area contributed by atoms with Gasteiger partial charge in [0.2, 0.25) is 0 Å². The minimum atomic E-state index is -0.134. The Morgan fingerprint density at radius 1 is 1.62 bits per heavy atom. The standard InChI is InChI=1S/C10H19N5O/c1-14(2)6-4-5-12-10(16)8-7-9(11)13-15(8)3/h7H,4-6H2,1-3H3,(H2,11,13)(H,12,16). The van der Waals surface area contributed by atoms with Crippen LogP contribution in [0.1, 0.15) is 16.9 Å². The first-order valence-corrected chi connectivity index (χ1v) is 5.23. The van der Waals surface area contributed by atoms with E-state index in [2.05, 4.69) is 15.3 Å². The summed E-state index contributed by atoms with van der Waals surface area (Å²) in [5.74, 6) is 0.228. The maximum absolute atomic E-state index is 11.7. The van der Waals surface area contributed by atoms with Gasteiger partial charge in [-0.05, 0) is 27.1 Å². The normalized spacial score (nSPS) is 10.8. The van der Waals surface area contributed by atoms with Gasteiger partial charge >= 0.3 is 0 Å². The summed E-state index contributed by atoms with van der Waals surface area (Å²) in [4.78, 5) is 13.8. The molecule has 3 N–H and O–H groups in total. The molecule has 1 aromatic heterocycles. The van der Waals surface area contributed by atoms with Gasteiger partial charge in [0.1, 0.15) is 11.5 Å². The van der Waals surface area contributed by atoms with Gasteiger partial charge in [0.25, 0.3) is 5.91 Å². The Labute approximate surface area is 95.4 Å². The highest BCUT2D eigenvalue weighted by Gasteiger charge is 2.10. The second-order valence-corrected chi connectivity index (χ2v) is 3.99. The molecule has 1 amide bonds. The van der Waals surface area contributed by atoms with Crippen LogP contribution >= 0.6 is 0 Å². The largest absolute Gasteiger partial charge is 0.382 e. The molecule has 90 valence electrons. The summed E-state index contributed by atoms with van der Waals surface area (Å²) in [5, 5.41) is 6.74. The summed E-state index contributed by atoms with van der Waals surface area (Å²) in [7, 11) is 5.71. The summed E-state index contributed by atoms with van der Waals surface area (Å²) < 4.78 is 1.48. The van der Waals surface area contributed by atoms with E-state index in [1.165, 1.54) is 4.68 Å². The number of carbonyl (C=O) groups excluding carboxylic acids is 1. The van der Waals surface area contributed by atoms with Crippen LogP contribution in [0, 0.1) is 0 Å². The van der Waals surface area contributed by atoms with Gasteiger partial charge in [-0.25, -0.2) is 0 Å². The Kier molecular flexibility index (Phi) is 4.30. The smallest absolute Gasteiger partial charge is 0.269 e. The molecule has 0 unspecified atom stereocenters. The molecule has 0 bridgehead atoms. The minimum absolute atomic E-state index is 0.134. The van der Waals surface area contributed by atoms with E-state index in [9.17, 15) is 4.79 Å². The van der Waals surface area contributed by atoms with Crippen LogP contribution in [0.25, 0.3) is 0 Å². The fourth-order valence-corrected chi connectivity index (χ4v) is 1.39. The van der Waals surface area contributed by atoms with E-state index in [-0.39, 0.29) is 5.91 Å². The first kappa shape index (κ1) is 12.5. The molecule has 0 atom stereocenters. The number of carbonyl (C=O) groups is 1. The van der Waals surface area contributed by atoms with E-state index in [1.807, 2.05) is 14.1 Å². The Morgan fingerprint density at radius 2 is 2.31 bits per heavy atom. The molecule has 16 heavy (non-hydrogen) atoms. The highest BCUT2D eigenvalue weighted by molar-refractivity contribution is 5.93. The lowest BCUT2D eigenvalue weighted by Crippen LogP contribution is -2.28. The number of nitrogen functional groups attached to an aromatic ring is 1. The minimum Gasteiger partial charge on any atom is -0.382 e. The fourth-order valence-electron chi connectivity index (χ4n) is 1.39. The number of anilines is 1. The Morgan fingerprint density at radius 3 is 2.81 bits per heavy atom. The average molecular weight is 225 g/mol. The van der Waals surface area contributed by atoms with Crippen molar-refractivity contribution in [1.82, 2.24) is 20.0 Å². The van der Waals surface area contributed by atoms with Crippen LogP contribution in [0.2, 0.25) is 0 Å². The highest BCUT2D eigenvalue weighted by Crippen LogP contribution is 2.03. The molecular weight excluding hydrogens is 206 g/mol. The van der Waals surface area contributed by atoms with Crippen LogP contribution in [0.5, 0.6) is 0 Å². The lowest BCUT2D eigenvalue weighted by Gasteiger charge is -2.09. The summed E-state index contributed by atoms with van der Waals surface area (Å²) in [5.41, 5.74) is 5.98. The van der Waals surface area contributed by atoms with Crippen molar-refractivity contribution in [2.75, 3.05) is 32.9 Å². The van der Waals surface area contributed by atoms with Crippen LogP contribution in [0.4, 0.5) is 5.82 Å². The molecule has 0 fully saturated rings. The molecule has 6 heteroatoms. The van der Waals surface area contributed by atoms with Crippen molar-refractivity contribution in [3.05, 3.63) is 11.8 Å². The molecule has 0 aliphatic heterocycles. The van der Waals surface area contributed by atoms with Crippen molar-refractivity contribution < 1.29 is 4.79 Å². The average Bonchev–Trinajstić information content (AvgIpc) is 2.52. The first-order valence-electron chi connectivity index (χ1n) is 5.23. The van der Waals surface area contributed by atoms with Crippen LogP contribution in [-0.4, -0.2) is 47.8 Å². The van der Waals surface area contributed by atoms with Crippen molar-refractivity contribution in [1.29, 1.82) is 0 Å². The number of hydrogen-bond donors (Lipinski definition) is 2. The Bertz CT molecular complexity index is 358. The van der Waals surface area contributed by atoms with E-state index in [0.29, 0.717) is 18.1 Å². The monoisotopic (exact) mass is 225 g/mol. The van der Waals surface area contributed by atoms with Gasteiger partial charge < -0.3 is 16.0 Å². The van der Waals surface area contributed by atoms with E-state index in [4.69, 9.17) is 5.73 Å². The molecule has 1 rings (SSSR count). The van der Waals surface area contributed by atoms with E-state index < -0.39 is 0 Å². The van der Waals surface area contributed by atoms with Gasteiger partial charge in [0, 0.05) is 19.7 Å². The molecular formula is C10H19N5O. The second-order valence-electron chi connectivity index (χ2n) is 3.99. The summed E-state index contributed by atoms with van der Waals surface area (Å²) in [6.45, 7) is 1.61. The molecule has 1 aromatic rings. The van der Waals surface area contributed by atoms with E-state index in [0.717, 1.165) is 13.0 Å². The molecule has 0 aliphatic rings. The molecule has 0 aromatic carbocycles. The molecule has 0 spiro atoms. The number of aromatic nitrogens is 2.